The summed E-state index contributed by atoms with van der Waals surface area (Å²) in [6, 6.07) is 2.89. The smallest absolute Gasteiger partial charge is 0.352 e. The van der Waals surface area contributed by atoms with Crippen molar-refractivity contribution >= 4 is 17.5 Å². The first-order valence-electron chi connectivity index (χ1n) is 4.85. The van der Waals surface area contributed by atoms with Gasteiger partial charge in [0.1, 0.15) is 5.15 Å². The van der Waals surface area contributed by atoms with E-state index < -0.39 is 18.5 Å². The molecule has 0 bridgehead atoms. The average molecular weight is 267 g/mol. The quantitative estimate of drug-likeness (QED) is 0.673. The Hall–Kier alpha value is -1.30. The Kier molecular flexibility index (Phi) is 4.74. The summed E-state index contributed by atoms with van der Waals surface area (Å²) in [5.74, 6) is -0.462. The molecule has 17 heavy (non-hydrogen) atoms. The highest BCUT2D eigenvalue weighted by atomic mass is 35.5. The van der Waals surface area contributed by atoms with E-state index in [2.05, 4.69) is 10.3 Å². The van der Waals surface area contributed by atoms with Gasteiger partial charge in [-0.1, -0.05) is 11.6 Å². The highest BCUT2D eigenvalue weighted by molar-refractivity contribution is 6.29. The van der Waals surface area contributed by atoms with Crippen molar-refractivity contribution in [3.63, 3.8) is 0 Å². The molecule has 0 atom stereocenters. The summed E-state index contributed by atoms with van der Waals surface area (Å²) < 4.78 is 35.4. The molecule has 0 spiro atoms. The number of carbonyl (C=O) groups excluding carboxylic acids is 1. The summed E-state index contributed by atoms with van der Waals surface area (Å²) >= 11 is 5.53. The normalized spacial score (nSPS) is 11.3. The van der Waals surface area contributed by atoms with Crippen LogP contribution in [-0.4, -0.2) is 23.6 Å². The van der Waals surface area contributed by atoms with Gasteiger partial charge < -0.3 is 5.32 Å². The number of rotatable bonds is 4. The van der Waals surface area contributed by atoms with E-state index in [1.54, 1.807) is 0 Å². The zero-order valence-electron chi connectivity index (χ0n) is 8.72. The van der Waals surface area contributed by atoms with Crippen molar-refractivity contribution in [3.8, 4) is 0 Å². The van der Waals surface area contributed by atoms with E-state index in [1.807, 2.05) is 0 Å². The van der Waals surface area contributed by atoms with Gasteiger partial charge in [0.2, 0.25) is 0 Å². The molecule has 1 aromatic heterocycles. The lowest BCUT2D eigenvalue weighted by atomic mass is 10.2. The van der Waals surface area contributed by atoms with E-state index >= 15 is 0 Å². The lowest BCUT2D eigenvalue weighted by Crippen LogP contribution is -2.25. The Morgan fingerprint density at radius 3 is 2.65 bits per heavy atom. The Morgan fingerprint density at radius 2 is 2.12 bits per heavy atom. The second-order valence-corrected chi connectivity index (χ2v) is 3.73. The molecule has 1 aromatic rings. The van der Waals surface area contributed by atoms with Gasteiger partial charge in [0.15, 0.2) is 0 Å². The maximum Gasteiger partial charge on any atom is 0.389 e. The number of hydrogen-bond donors (Lipinski definition) is 1. The number of carbonyl (C=O) groups is 1. The molecule has 0 aliphatic carbocycles. The minimum absolute atomic E-state index is 0.0268. The Morgan fingerprint density at radius 1 is 1.41 bits per heavy atom. The van der Waals surface area contributed by atoms with Crippen LogP contribution in [0.3, 0.4) is 0 Å². The van der Waals surface area contributed by atoms with Crippen molar-refractivity contribution in [1.82, 2.24) is 10.3 Å². The molecule has 0 aromatic carbocycles. The first-order valence-corrected chi connectivity index (χ1v) is 5.23. The number of pyridine rings is 1. The fraction of sp³-hybridized carbons (Fsp3) is 0.400. The number of hydrogen-bond acceptors (Lipinski definition) is 2. The van der Waals surface area contributed by atoms with Gasteiger partial charge in [-0.3, -0.25) is 4.79 Å². The summed E-state index contributed by atoms with van der Waals surface area (Å²) in [6.07, 6.45) is -3.98. The largest absolute Gasteiger partial charge is 0.389 e. The number of alkyl halides is 3. The number of aromatic nitrogens is 1. The van der Waals surface area contributed by atoms with Crippen LogP contribution in [0, 0.1) is 0 Å². The van der Waals surface area contributed by atoms with Gasteiger partial charge in [-0.05, 0) is 18.6 Å². The molecule has 3 nitrogen and oxygen atoms in total. The Labute approximate surface area is 101 Å². The van der Waals surface area contributed by atoms with Crippen molar-refractivity contribution in [3.05, 3.63) is 29.0 Å². The zero-order valence-corrected chi connectivity index (χ0v) is 9.48. The molecular weight excluding hydrogens is 257 g/mol. The van der Waals surface area contributed by atoms with Crippen molar-refractivity contribution in [2.24, 2.45) is 0 Å². The molecule has 0 aliphatic heterocycles. The first kappa shape index (κ1) is 13.8. The fourth-order valence-electron chi connectivity index (χ4n) is 1.10. The van der Waals surface area contributed by atoms with Gasteiger partial charge in [0.25, 0.3) is 5.91 Å². The molecule has 0 saturated carbocycles. The lowest BCUT2D eigenvalue weighted by Gasteiger charge is -2.07. The van der Waals surface area contributed by atoms with E-state index in [1.165, 1.54) is 18.3 Å². The fourth-order valence-corrected chi connectivity index (χ4v) is 1.21. The van der Waals surface area contributed by atoms with Gasteiger partial charge in [-0.2, -0.15) is 13.2 Å². The van der Waals surface area contributed by atoms with Crippen LogP contribution >= 0.6 is 11.6 Å². The SMILES string of the molecule is O=C(NCCCC(F)(F)F)c1ccc(Cl)nc1. The van der Waals surface area contributed by atoms with E-state index in [0.29, 0.717) is 0 Å². The molecular formula is C10H10ClF3N2O. The van der Waals surface area contributed by atoms with E-state index in [-0.39, 0.29) is 23.7 Å². The van der Waals surface area contributed by atoms with Crippen LogP contribution in [0.4, 0.5) is 13.2 Å². The van der Waals surface area contributed by atoms with Crippen LogP contribution in [0.25, 0.3) is 0 Å². The third-order valence-corrected chi connectivity index (χ3v) is 2.14. The predicted molar refractivity (Wildman–Crippen MR) is 56.9 cm³/mol. The zero-order chi connectivity index (χ0) is 12.9. The van der Waals surface area contributed by atoms with Crippen LogP contribution in [0.2, 0.25) is 5.15 Å². The van der Waals surface area contributed by atoms with Crippen molar-refractivity contribution in [1.29, 1.82) is 0 Å². The third kappa shape index (κ3) is 5.53. The lowest BCUT2D eigenvalue weighted by molar-refractivity contribution is -0.135. The minimum Gasteiger partial charge on any atom is -0.352 e. The second-order valence-electron chi connectivity index (χ2n) is 3.34. The number of amides is 1. The van der Waals surface area contributed by atoms with Crippen LogP contribution in [0.5, 0.6) is 0 Å². The summed E-state index contributed by atoms with van der Waals surface area (Å²) in [5, 5.41) is 2.62. The predicted octanol–water partition coefficient (Wildman–Crippen LogP) is 2.81. The second kappa shape index (κ2) is 5.86. The maximum atomic E-state index is 11.8. The molecule has 1 amide bonds. The summed E-state index contributed by atoms with van der Waals surface area (Å²) in [7, 11) is 0. The summed E-state index contributed by atoms with van der Waals surface area (Å²) in [5.41, 5.74) is 0.265. The minimum atomic E-state index is -4.19. The molecule has 0 unspecified atom stereocenters. The van der Waals surface area contributed by atoms with Crippen LogP contribution < -0.4 is 5.32 Å². The molecule has 1 heterocycles. The van der Waals surface area contributed by atoms with Crippen LogP contribution in [0.1, 0.15) is 23.2 Å². The van der Waals surface area contributed by atoms with Crippen LogP contribution in [0.15, 0.2) is 18.3 Å². The molecule has 1 N–H and O–H groups in total. The number of halogens is 4. The molecule has 1 rings (SSSR count). The summed E-state index contributed by atoms with van der Waals surface area (Å²) in [6.45, 7) is -0.0268. The summed E-state index contributed by atoms with van der Waals surface area (Å²) in [4.78, 5) is 15.1. The molecule has 0 saturated heterocycles. The van der Waals surface area contributed by atoms with Crippen LogP contribution in [-0.2, 0) is 0 Å². The molecule has 0 aliphatic rings. The van der Waals surface area contributed by atoms with Gasteiger partial charge in [0, 0.05) is 19.2 Å². The first-order chi connectivity index (χ1) is 7.88. The van der Waals surface area contributed by atoms with E-state index in [9.17, 15) is 18.0 Å². The highest BCUT2D eigenvalue weighted by Gasteiger charge is 2.25. The standard InChI is InChI=1S/C10H10ClF3N2O/c11-8-3-2-7(6-16-8)9(17)15-5-1-4-10(12,13)14/h2-3,6H,1,4-5H2,(H,15,17). The average Bonchev–Trinajstić information content (AvgIpc) is 2.24. The van der Waals surface area contributed by atoms with Gasteiger partial charge >= 0.3 is 6.18 Å². The van der Waals surface area contributed by atoms with Gasteiger partial charge in [0.05, 0.1) is 5.56 Å². The molecule has 0 radical (unpaired) electrons. The Balaban J connectivity index is 2.33. The highest BCUT2D eigenvalue weighted by Crippen LogP contribution is 2.20. The van der Waals surface area contributed by atoms with Crippen molar-refractivity contribution in [2.45, 2.75) is 19.0 Å². The third-order valence-electron chi connectivity index (χ3n) is 1.91. The molecule has 0 fully saturated rings. The van der Waals surface area contributed by atoms with Crippen molar-refractivity contribution < 1.29 is 18.0 Å². The van der Waals surface area contributed by atoms with Crippen molar-refractivity contribution in [2.75, 3.05) is 6.54 Å². The molecule has 94 valence electrons. The van der Waals surface area contributed by atoms with E-state index in [4.69, 9.17) is 11.6 Å². The number of nitrogens with one attached hydrogen (secondary N) is 1. The maximum absolute atomic E-state index is 11.8. The Bertz CT molecular complexity index is 378. The van der Waals surface area contributed by atoms with Gasteiger partial charge in [-0.25, -0.2) is 4.98 Å². The number of nitrogens with zero attached hydrogens (tertiary/aromatic N) is 1. The topological polar surface area (TPSA) is 42.0 Å². The molecule has 7 heteroatoms. The van der Waals surface area contributed by atoms with Gasteiger partial charge in [-0.15, -0.1) is 0 Å². The van der Waals surface area contributed by atoms with E-state index in [0.717, 1.165) is 0 Å². The monoisotopic (exact) mass is 266 g/mol.